The zero-order valence-corrected chi connectivity index (χ0v) is 6.59. The van der Waals surface area contributed by atoms with E-state index in [9.17, 15) is 0 Å². The second-order valence-electron chi connectivity index (χ2n) is 3.23. The fourth-order valence-electron chi connectivity index (χ4n) is 1.76. The van der Waals surface area contributed by atoms with E-state index in [0.717, 1.165) is 12.1 Å². The zero-order valence-electron chi connectivity index (χ0n) is 6.59. The van der Waals surface area contributed by atoms with Crippen LogP contribution in [0.4, 0.5) is 0 Å². The summed E-state index contributed by atoms with van der Waals surface area (Å²) >= 11 is 0. The minimum Gasteiger partial charge on any atom is -0.399 e. The summed E-state index contributed by atoms with van der Waals surface area (Å²) in [7, 11) is 0. The van der Waals surface area contributed by atoms with Gasteiger partial charge >= 0.3 is 0 Å². The highest BCUT2D eigenvalue weighted by Crippen LogP contribution is 2.30. The highest BCUT2D eigenvalue weighted by Gasteiger charge is 2.15. The van der Waals surface area contributed by atoms with Gasteiger partial charge < -0.3 is 5.73 Å². The first-order valence-electron chi connectivity index (χ1n) is 4.19. The Labute approximate surface area is 67.3 Å². The maximum absolute atomic E-state index is 5.70. The van der Waals surface area contributed by atoms with Gasteiger partial charge in [-0.15, -0.1) is 0 Å². The number of allylic oxidation sites excluding steroid dienone is 5. The molecule has 0 heterocycles. The van der Waals surface area contributed by atoms with Crippen molar-refractivity contribution in [2.75, 3.05) is 0 Å². The van der Waals surface area contributed by atoms with E-state index < -0.39 is 0 Å². The number of hydrogen-bond acceptors (Lipinski definition) is 1. The second kappa shape index (κ2) is 2.57. The summed E-state index contributed by atoms with van der Waals surface area (Å²) in [5.74, 6) is 0.663. The summed E-state index contributed by atoms with van der Waals surface area (Å²) in [5, 5.41) is 0. The lowest BCUT2D eigenvalue weighted by Crippen LogP contribution is -2.11. The summed E-state index contributed by atoms with van der Waals surface area (Å²) in [6.07, 6.45) is 12.3. The number of nitrogens with two attached hydrogens (primary N) is 1. The van der Waals surface area contributed by atoms with E-state index in [0.29, 0.717) is 5.92 Å². The van der Waals surface area contributed by atoms with Crippen molar-refractivity contribution >= 4 is 0 Å². The Balaban J connectivity index is 2.26. The molecular weight excluding hydrogens is 134 g/mol. The number of fused-ring (bicyclic) bond motifs is 1. The van der Waals surface area contributed by atoms with Gasteiger partial charge in [-0.1, -0.05) is 23.8 Å². The van der Waals surface area contributed by atoms with Crippen LogP contribution in [0.25, 0.3) is 0 Å². The first-order chi connectivity index (χ1) is 5.36. The molecule has 2 rings (SSSR count). The van der Waals surface area contributed by atoms with Crippen LogP contribution >= 0.6 is 0 Å². The van der Waals surface area contributed by atoms with Crippen LogP contribution in [0.15, 0.2) is 35.6 Å². The Morgan fingerprint density at radius 1 is 1.45 bits per heavy atom. The topological polar surface area (TPSA) is 26.0 Å². The molecule has 0 aromatic rings. The lowest BCUT2D eigenvalue weighted by Gasteiger charge is -2.22. The normalized spacial score (nSPS) is 28.9. The van der Waals surface area contributed by atoms with Gasteiger partial charge in [-0.2, -0.15) is 0 Å². The Morgan fingerprint density at radius 3 is 3.27 bits per heavy atom. The van der Waals surface area contributed by atoms with Crippen molar-refractivity contribution < 1.29 is 0 Å². The third-order valence-electron chi connectivity index (χ3n) is 2.40. The fraction of sp³-hybridized carbons (Fsp3) is 0.400. The molecule has 0 radical (unpaired) electrons. The Morgan fingerprint density at radius 2 is 2.36 bits per heavy atom. The van der Waals surface area contributed by atoms with Crippen molar-refractivity contribution in [3.63, 3.8) is 0 Å². The van der Waals surface area contributed by atoms with Gasteiger partial charge in [0.25, 0.3) is 0 Å². The van der Waals surface area contributed by atoms with Crippen LogP contribution in [-0.4, -0.2) is 0 Å². The zero-order chi connectivity index (χ0) is 7.68. The molecule has 0 aliphatic heterocycles. The van der Waals surface area contributed by atoms with Crippen LogP contribution in [0.3, 0.4) is 0 Å². The van der Waals surface area contributed by atoms with Gasteiger partial charge in [0.05, 0.1) is 0 Å². The lowest BCUT2D eigenvalue weighted by molar-refractivity contribution is 0.678. The van der Waals surface area contributed by atoms with Crippen LogP contribution < -0.4 is 5.73 Å². The summed E-state index contributed by atoms with van der Waals surface area (Å²) in [6.45, 7) is 0. The molecular formula is C10H13N. The van der Waals surface area contributed by atoms with E-state index in [-0.39, 0.29) is 0 Å². The van der Waals surface area contributed by atoms with E-state index in [4.69, 9.17) is 5.73 Å². The van der Waals surface area contributed by atoms with E-state index in [1.54, 1.807) is 0 Å². The summed E-state index contributed by atoms with van der Waals surface area (Å²) in [4.78, 5) is 0. The predicted octanol–water partition coefficient (Wildman–Crippen LogP) is 2.13. The highest BCUT2D eigenvalue weighted by atomic mass is 14.6. The summed E-state index contributed by atoms with van der Waals surface area (Å²) in [6, 6.07) is 0. The van der Waals surface area contributed by atoms with Gasteiger partial charge in [-0.05, 0) is 25.3 Å². The maximum atomic E-state index is 5.70. The fourth-order valence-corrected chi connectivity index (χ4v) is 1.76. The van der Waals surface area contributed by atoms with Gasteiger partial charge in [0.1, 0.15) is 0 Å². The third kappa shape index (κ3) is 1.23. The molecule has 0 amide bonds. The van der Waals surface area contributed by atoms with Gasteiger partial charge in [0, 0.05) is 11.6 Å². The SMILES string of the molecule is NC1=CCC2C=CCCC2=C1. The molecule has 0 fully saturated rings. The largest absolute Gasteiger partial charge is 0.399 e. The molecule has 0 aromatic carbocycles. The van der Waals surface area contributed by atoms with E-state index in [2.05, 4.69) is 24.3 Å². The van der Waals surface area contributed by atoms with E-state index in [1.165, 1.54) is 18.4 Å². The summed E-state index contributed by atoms with van der Waals surface area (Å²) in [5.41, 5.74) is 8.17. The maximum Gasteiger partial charge on any atom is 0.0273 e. The lowest BCUT2D eigenvalue weighted by atomic mass is 9.84. The molecule has 1 heteroatoms. The van der Waals surface area contributed by atoms with Crippen molar-refractivity contribution in [1.29, 1.82) is 0 Å². The molecule has 1 unspecified atom stereocenters. The first-order valence-corrected chi connectivity index (χ1v) is 4.19. The first kappa shape index (κ1) is 6.71. The minimum atomic E-state index is 0.663. The number of hydrogen-bond donors (Lipinski definition) is 1. The monoisotopic (exact) mass is 147 g/mol. The quantitative estimate of drug-likeness (QED) is 0.522. The second-order valence-corrected chi connectivity index (χ2v) is 3.23. The van der Waals surface area contributed by atoms with Crippen molar-refractivity contribution in [2.45, 2.75) is 19.3 Å². The van der Waals surface area contributed by atoms with Gasteiger partial charge in [0.15, 0.2) is 0 Å². The standard InChI is InChI=1S/C10H13N/c11-10-6-5-8-3-1-2-4-9(8)7-10/h1,3,6-8H,2,4-5,11H2. The van der Waals surface area contributed by atoms with Crippen molar-refractivity contribution in [1.82, 2.24) is 0 Å². The Bertz CT molecular complexity index is 246. The molecule has 2 N–H and O–H groups in total. The smallest absolute Gasteiger partial charge is 0.0273 e. The van der Waals surface area contributed by atoms with Crippen LogP contribution in [0.2, 0.25) is 0 Å². The average molecular weight is 147 g/mol. The third-order valence-corrected chi connectivity index (χ3v) is 2.40. The van der Waals surface area contributed by atoms with Crippen LogP contribution in [0.1, 0.15) is 19.3 Å². The average Bonchev–Trinajstić information content (AvgIpc) is 2.04. The molecule has 2 aliphatic rings. The molecule has 2 aliphatic carbocycles. The predicted molar refractivity (Wildman–Crippen MR) is 46.8 cm³/mol. The van der Waals surface area contributed by atoms with Gasteiger partial charge in [-0.3, -0.25) is 0 Å². The molecule has 1 atom stereocenters. The molecule has 0 saturated heterocycles. The van der Waals surface area contributed by atoms with Crippen LogP contribution in [0.5, 0.6) is 0 Å². The number of rotatable bonds is 0. The Kier molecular flexibility index (Phi) is 1.57. The molecule has 11 heavy (non-hydrogen) atoms. The van der Waals surface area contributed by atoms with Gasteiger partial charge in [-0.25, -0.2) is 0 Å². The van der Waals surface area contributed by atoms with Crippen molar-refractivity contribution in [3.8, 4) is 0 Å². The van der Waals surface area contributed by atoms with Crippen molar-refractivity contribution in [3.05, 3.63) is 35.6 Å². The molecule has 0 bridgehead atoms. The van der Waals surface area contributed by atoms with Gasteiger partial charge in [0.2, 0.25) is 0 Å². The van der Waals surface area contributed by atoms with E-state index >= 15 is 0 Å². The molecule has 1 nitrogen and oxygen atoms in total. The van der Waals surface area contributed by atoms with E-state index in [1.807, 2.05) is 0 Å². The minimum absolute atomic E-state index is 0.663. The van der Waals surface area contributed by atoms with Crippen molar-refractivity contribution in [2.24, 2.45) is 11.7 Å². The molecule has 0 aromatic heterocycles. The molecule has 0 saturated carbocycles. The highest BCUT2D eigenvalue weighted by molar-refractivity contribution is 5.32. The summed E-state index contributed by atoms with van der Waals surface area (Å²) < 4.78 is 0. The van der Waals surface area contributed by atoms with Crippen LogP contribution in [0, 0.1) is 5.92 Å². The molecule has 58 valence electrons. The molecule has 0 spiro atoms. The Hall–Kier alpha value is -0.980. The van der Waals surface area contributed by atoms with Crippen LogP contribution in [-0.2, 0) is 0 Å².